The molecule has 0 aliphatic heterocycles. The highest BCUT2D eigenvalue weighted by atomic mass is 32.1. The Morgan fingerprint density at radius 2 is 1.89 bits per heavy atom. The van der Waals surface area contributed by atoms with E-state index in [4.69, 9.17) is 0 Å². The highest BCUT2D eigenvalue weighted by Crippen LogP contribution is 2.25. The molecule has 0 aliphatic carbocycles. The normalized spacial score (nSPS) is 11.4. The lowest BCUT2D eigenvalue weighted by molar-refractivity contribution is 0.605. The third kappa shape index (κ3) is 2.36. The number of anilines is 1. The van der Waals surface area contributed by atoms with Crippen molar-refractivity contribution in [2.45, 2.75) is 39.8 Å². The van der Waals surface area contributed by atoms with Gasteiger partial charge < -0.3 is 4.90 Å². The number of pyridine rings is 1. The van der Waals surface area contributed by atoms with Crippen LogP contribution in [0.4, 0.5) is 5.13 Å². The number of nitrogens with zero attached hydrogens (tertiary/aromatic N) is 3. The summed E-state index contributed by atoms with van der Waals surface area (Å²) >= 11 is 1.47. The first kappa shape index (κ1) is 13.0. The summed E-state index contributed by atoms with van der Waals surface area (Å²) in [6.07, 6.45) is 1.71. The number of rotatable bonds is 3. The summed E-state index contributed by atoms with van der Waals surface area (Å²) in [7, 11) is 0. The van der Waals surface area contributed by atoms with E-state index in [1.807, 2.05) is 0 Å². The van der Waals surface area contributed by atoms with Crippen molar-refractivity contribution < 1.29 is 0 Å². The SMILES string of the molecule is CC(C)N(c1nc(=O)c2cccnc2s1)C(C)C. The molecule has 96 valence electrons. The van der Waals surface area contributed by atoms with Crippen LogP contribution >= 0.6 is 11.3 Å². The van der Waals surface area contributed by atoms with Gasteiger partial charge >= 0.3 is 0 Å². The van der Waals surface area contributed by atoms with E-state index in [1.54, 1.807) is 18.3 Å². The summed E-state index contributed by atoms with van der Waals surface area (Å²) in [5.41, 5.74) is -0.196. The average molecular weight is 263 g/mol. The van der Waals surface area contributed by atoms with Crippen LogP contribution < -0.4 is 10.5 Å². The number of aromatic nitrogens is 2. The molecule has 2 aromatic heterocycles. The van der Waals surface area contributed by atoms with Gasteiger partial charge in [-0.3, -0.25) is 4.79 Å². The van der Waals surface area contributed by atoms with Crippen molar-refractivity contribution in [1.29, 1.82) is 0 Å². The highest BCUT2D eigenvalue weighted by molar-refractivity contribution is 7.21. The molecular formula is C13H17N3OS. The van der Waals surface area contributed by atoms with Crippen LogP contribution in [0.25, 0.3) is 10.2 Å². The lowest BCUT2D eigenvalue weighted by atomic mass is 10.2. The predicted octanol–water partition coefficient (Wildman–Crippen LogP) is 2.67. The first-order valence-electron chi connectivity index (χ1n) is 6.05. The third-order valence-corrected chi connectivity index (χ3v) is 3.72. The minimum absolute atomic E-state index is 0.196. The fraction of sp³-hybridized carbons (Fsp3) is 0.462. The Morgan fingerprint density at radius 3 is 2.50 bits per heavy atom. The molecule has 0 aliphatic rings. The van der Waals surface area contributed by atoms with Gasteiger partial charge in [0.25, 0.3) is 5.56 Å². The van der Waals surface area contributed by atoms with Crippen LogP contribution in [0, 0.1) is 0 Å². The summed E-state index contributed by atoms with van der Waals surface area (Å²) in [6.45, 7) is 8.39. The number of fused-ring (bicyclic) bond motifs is 1. The molecule has 0 spiro atoms. The molecule has 2 heterocycles. The van der Waals surface area contributed by atoms with Crippen molar-refractivity contribution in [3.63, 3.8) is 0 Å². The molecule has 2 rings (SSSR count). The molecule has 0 saturated heterocycles. The van der Waals surface area contributed by atoms with Gasteiger partial charge in [-0.25, -0.2) is 4.98 Å². The van der Waals surface area contributed by atoms with Gasteiger partial charge in [0.05, 0.1) is 5.39 Å². The second-order valence-electron chi connectivity index (χ2n) is 4.75. The molecule has 0 fully saturated rings. The Hall–Kier alpha value is -1.49. The van der Waals surface area contributed by atoms with Crippen LogP contribution in [0.15, 0.2) is 23.1 Å². The van der Waals surface area contributed by atoms with Gasteiger partial charge in [0.2, 0.25) is 0 Å². The third-order valence-electron chi connectivity index (χ3n) is 2.72. The summed E-state index contributed by atoms with van der Waals surface area (Å²) in [6, 6.07) is 4.14. The largest absolute Gasteiger partial charge is 0.343 e. The first-order chi connectivity index (χ1) is 8.50. The second-order valence-corrected chi connectivity index (χ2v) is 5.71. The topological polar surface area (TPSA) is 46.1 Å². The van der Waals surface area contributed by atoms with Crippen molar-refractivity contribution in [3.8, 4) is 0 Å². The minimum atomic E-state index is -0.196. The van der Waals surface area contributed by atoms with E-state index in [0.29, 0.717) is 17.5 Å². The fourth-order valence-electron chi connectivity index (χ4n) is 2.04. The van der Waals surface area contributed by atoms with Crippen molar-refractivity contribution >= 4 is 26.7 Å². The quantitative estimate of drug-likeness (QED) is 0.854. The maximum absolute atomic E-state index is 12.0. The van der Waals surface area contributed by atoms with E-state index in [-0.39, 0.29) is 5.56 Å². The average Bonchev–Trinajstić information content (AvgIpc) is 2.28. The van der Waals surface area contributed by atoms with Gasteiger partial charge in [-0.1, -0.05) is 11.3 Å². The summed E-state index contributed by atoms with van der Waals surface area (Å²) < 4.78 is 0. The van der Waals surface area contributed by atoms with Crippen molar-refractivity contribution in [3.05, 3.63) is 28.7 Å². The maximum Gasteiger partial charge on any atom is 0.282 e. The van der Waals surface area contributed by atoms with Crippen molar-refractivity contribution in [2.75, 3.05) is 4.90 Å². The van der Waals surface area contributed by atoms with E-state index in [2.05, 4.69) is 42.6 Å². The smallest absolute Gasteiger partial charge is 0.282 e. The van der Waals surface area contributed by atoms with E-state index in [0.717, 1.165) is 9.96 Å². The van der Waals surface area contributed by atoms with Crippen LogP contribution in [0.5, 0.6) is 0 Å². The Labute approximate surface area is 110 Å². The van der Waals surface area contributed by atoms with Crippen molar-refractivity contribution in [1.82, 2.24) is 9.97 Å². The van der Waals surface area contributed by atoms with E-state index >= 15 is 0 Å². The minimum Gasteiger partial charge on any atom is -0.343 e. The zero-order chi connectivity index (χ0) is 13.3. The molecule has 0 amide bonds. The van der Waals surface area contributed by atoms with Gasteiger partial charge in [0.15, 0.2) is 5.13 Å². The van der Waals surface area contributed by atoms with Gasteiger partial charge in [-0.15, -0.1) is 0 Å². The van der Waals surface area contributed by atoms with Crippen LogP contribution in [0.2, 0.25) is 0 Å². The fourth-order valence-corrected chi connectivity index (χ4v) is 3.25. The molecule has 0 radical (unpaired) electrons. The van der Waals surface area contributed by atoms with Crippen LogP contribution in [-0.2, 0) is 0 Å². The molecule has 0 N–H and O–H groups in total. The van der Waals surface area contributed by atoms with Crippen molar-refractivity contribution in [2.24, 2.45) is 0 Å². The van der Waals surface area contributed by atoms with Crippen LogP contribution in [0.1, 0.15) is 27.7 Å². The summed E-state index contributed by atoms with van der Waals surface area (Å²) in [4.78, 5) is 23.3. The molecule has 0 aromatic carbocycles. The molecule has 5 heteroatoms. The van der Waals surface area contributed by atoms with E-state index in [1.165, 1.54) is 11.3 Å². The molecule has 2 aromatic rings. The van der Waals surface area contributed by atoms with Gasteiger partial charge in [0.1, 0.15) is 4.83 Å². The standard InChI is InChI=1S/C13H17N3OS/c1-8(2)16(9(3)4)13-15-11(17)10-6-5-7-14-12(10)18-13/h5-9H,1-4H3. The number of hydrogen-bond acceptors (Lipinski definition) is 5. The molecule has 18 heavy (non-hydrogen) atoms. The van der Waals surface area contributed by atoms with Crippen LogP contribution in [-0.4, -0.2) is 22.1 Å². The monoisotopic (exact) mass is 263 g/mol. The Kier molecular flexibility index (Phi) is 3.61. The predicted molar refractivity (Wildman–Crippen MR) is 76.4 cm³/mol. The Bertz CT molecular complexity index is 598. The molecule has 0 atom stereocenters. The lowest BCUT2D eigenvalue weighted by Gasteiger charge is -2.30. The van der Waals surface area contributed by atoms with E-state index in [9.17, 15) is 4.79 Å². The van der Waals surface area contributed by atoms with Crippen LogP contribution in [0.3, 0.4) is 0 Å². The summed E-state index contributed by atoms with van der Waals surface area (Å²) in [5.74, 6) is 0. The number of hydrogen-bond donors (Lipinski definition) is 0. The molecular weight excluding hydrogens is 246 g/mol. The molecule has 0 bridgehead atoms. The Morgan fingerprint density at radius 1 is 1.22 bits per heavy atom. The maximum atomic E-state index is 12.0. The summed E-state index contributed by atoms with van der Waals surface area (Å²) in [5, 5.41) is 1.34. The van der Waals surface area contributed by atoms with Gasteiger partial charge in [-0.2, -0.15) is 4.98 Å². The van der Waals surface area contributed by atoms with E-state index < -0.39 is 0 Å². The first-order valence-corrected chi connectivity index (χ1v) is 6.86. The Balaban J connectivity index is 2.61. The van der Waals surface area contributed by atoms with Gasteiger partial charge in [-0.05, 0) is 39.8 Å². The highest BCUT2D eigenvalue weighted by Gasteiger charge is 2.18. The molecule has 0 unspecified atom stereocenters. The van der Waals surface area contributed by atoms with Gasteiger partial charge in [0, 0.05) is 18.3 Å². The lowest BCUT2D eigenvalue weighted by Crippen LogP contribution is -2.38. The molecule has 0 saturated carbocycles. The molecule has 4 nitrogen and oxygen atoms in total. The second kappa shape index (κ2) is 5.02. The zero-order valence-corrected chi connectivity index (χ0v) is 11.9. The zero-order valence-electron chi connectivity index (χ0n) is 11.0.